The molecule has 0 saturated heterocycles. The van der Waals surface area contributed by atoms with Crippen LogP contribution in [0.15, 0.2) is 47.4 Å². The molecule has 5 nitrogen and oxygen atoms in total. The van der Waals surface area contributed by atoms with Gasteiger partial charge in [0.05, 0.1) is 19.4 Å². The molecular weight excluding hydrogens is 272 g/mol. The Bertz CT molecular complexity index is 577. The van der Waals surface area contributed by atoms with E-state index >= 15 is 0 Å². The first-order chi connectivity index (χ1) is 9.78. The van der Waals surface area contributed by atoms with E-state index < -0.39 is 0 Å². The van der Waals surface area contributed by atoms with Gasteiger partial charge in [0.2, 0.25) is 5.13 Å². The van der Waals surface area contributed by atoms with Gasteiger partial charge in [0.1, 0.15) is 5.82 Å². The topological polar surface area (TPSA) is 72.5 Å². The molecule has 0 saturated carbocycles. The Morgan fingerprint density at radius 3 is 2.85 bits per heavy atom. The number of nitrogen functional groups attached to an aromatic ring is 1. The van der Waals surface area contributed by atoms with Crippen molar-refractivity contribution in [1.82, 2.24) is 4.98 Å². The van der Waals surface area contributed by atoms with Gasteiger partial charge in [-0.3, -0.25) is 5.43 Å². The molecule has 3 N–H and O–H groups in total. The van der Waals surface area contributed by atoms with Crippen LogP contribution in [0.5, 0.6) is 0 Å². The predicted molar refractivity (Wildman–Crippen MR) is 84.0 cm³/mol. The molecule has 1 aromatic heterocycles. The van der Waals surface area contributed by atoms with Crippen molar-refractivity contribution in [2.24, 2.45) is 5.10 Å². The summed E-state index contributed by atoms with van der Waals surface area (Å²) in [5.74, 6) is 0.497. The molecule has 0 radical (unpaired) electrons. The summed E-state index contributed by atoms with van der Waals surface area (Å²) in [6, 6.07) is 7.97. The molecular formula is C14H16N4OS. The SMILES string of the molecule is C=CCOCc1ccc(C=NNc2nc(N)cs2)cc1. The standard InChI is InChI=1S/C14H16N4OS/c1-2-7-19-9-12-5-3-11(4-6-12)8-16-18-14-17-13(15)10-20-14/h2-6,8,10H,1,7,9,15H2,(H,17,18). The molecule has 0 bridgehead atoms. The largest absolute Gasteiger partial charge is 0.383 e. The van der Waals surface area contributed by atoms with Crippen molar-refractivity contribution >= 4 is 28.5 Å². The van der Waals surface area contributed by atoms with Gasteiger partial charge in [-0.05, 0) is 11.1 Å². The predicted octanol–water partition coefficient (Wildman–Crippen LogP) is 2.87. The molecule has 1 aromatic carbocycles. The molecule has 0 spiro atoms. The zero-order chi connectivity index (χ0) is 14.2. The molecule has 0 aliphatic carbocycles. The number of hydrazone groups is 1. The van der Waals surface area contributed by atoms with E-state index in [1.807, 2.05) is 24.3 Å². The van der Waals surface area contributed by atoms with Crippen LogP contribution in [0.1, 0.15) is 11.1 Å². The van der Waals surface area contributed by atoms with Crippen LogP contribution < -0.4 is 11.2 Å². The highest BCUT2D eigenvalue weighted by Gasteiger charge is 1.96. The molecule has 2 aromatic rings. The summed E-state index contributed by atoms with van der Waals surface area (Å²) in [5, 5.41) is 6.54. The summed E-state index contributed by atoms with van der Waals surface area (Å²) in [6.07, 6.45) is 3.46. The van der Waals surface area contributed by atoms with Gasteiger partial charge >= 0.3 is 0 Å². The lowest BCUT2D eigenvalue weighted by molar-refractivity contribution is 0.149. The van der Waals surface area contributed by atoms with E-state index in [0.717, 1.165) is 11.1 Å². The zero-order valence-electron chi connectivity index (χ0n) is 11.0. The first kappa shape index (κ1) is 14.2. The Labute approximate surface area is 121 Å². The summed E-state index contributed by atoms with van der Waals surface area (Å²) in [4.78, 5) is 4.04. The van der Waals surface area contributed by atoms with Crippen molar-refractivity contribution in [3.05, 3.63) is 53.4 Å². The van der Waals surface area contributed by atoms with Crippen LogP contribution in [0, 0.1) is 0 Å². The van der Waals surface area contributed by atoms with Crippen LogP contribution in [-0.2, 0) is 11.3 Å². The van der Waals surface area contributed by atoms with E-state index in [9.17, 15) is 0 Å². The second-order valence-corrected chi connectivity index (χ2v) is 4.85. The number of anilines is 2. The maximum Gasteiger partial charge on any atom is 0.205 e. The van der Waals surface area contributed by atoms with Gasteiger partial charge in [-0.15, -0.1) is 17.9 Å². The van der Waals surface area contributed by atoms with Crippen LogP contribution in [0.4, 0.5) is 10.9 Å². The molecule has 2 rings (SSSR count). The summed E-state index contributed by atoms with van der Waals surface area (Å²) >= 11 is 1.41. The van der Waals surface area contributed by atoms with Crippen molar-refractivity contribution in [1.29, 1.82) is 0 Å². The van der Waals surface area contributed by atoms with Crippen LogP contribution in [-0.4, -0.2) is 17.8 Å². The average molecular weight is 288 g/mol. The van der Waals surface area contributed by atoms with Gasteiger partial charge in [-0.2, -0.15) is 5.10 Å². The average Bonchev–Trinajstić information content (AvgIpc) is 2.87. The van der Waals surface area contributed by atoms with E-state index in [-0.39, 0.29) is 0 Å². The monoisotopic (exact) mass is 288 g/mol. The van der Waals surface area contributed by atoms with Crippen molar-refractivity contribution in [2.45, 2.75) is 6.61 Å². The van der Waals surface area contributed by atoms with Gasteiger partial charge in [0.25, 0.3) is 0 Å². The number of ether oxygens (including phenoxy) is 1. The van der Waals surface area contributed by atoms with Crippen molar-refractivity contribution in [3.8, 4) is 0 Å². The summed E-state index contributed by atoms with van der Waals surface area (Å²) in [6.45, 7) is 4.75. The molecule has 0 aliphatic heterocycles. The normalized spacial score (nSPS) is 10.8. The number of rotatable bonds is 7. The molecule has 0 fully saturated rings. The molecule has 104 valence electrons. The molecule has 1 heterocycles. The quantitative estimate of drug-likeness (QED) is 0.355. The van der Waals surface area contributed by atoms with E-state index in [2.05, 4.69) is 22.1 Å². The number of hydrogen-bond acceptors (Lipinski definition) is 6. The Morgan fingerprint density at radius 1 is 1.40 bits per heavy atom. The van der Waals surface area contributed by atoms with Crippen LogP contribution in [0.25, 0.3) is 0 Å². The number of hydrogen-bond donors (Lipinski definition) is 2. The van der Waals surface area contributed by atoms with Gasteiger partial charge in [0, 0.05) is 5.38 Å². The fourth-order valence-corrected chi connectivity index (χ4v) is 2.01. The molecule has 0 unspecified atom stereocenters. The Balaban J connectivity index is 1.85. The highest BCUT2D eigenvalue weighted by atomic mass is 32.1. The molecule has 0 amide bonds. The number of nitrogens with zero attached hydrogens (tertiary/aromatic N) is 2. The summed E-state index contributed by atoms with van der Waals surface area (Å²) in [5.41, 5.74) is 10.5. The van der Waals surface area contributed by atoms with Crippen LogP contribution in [0.2, 0.25) is 0 Å². The third-order valence-electron chi connectivity index (χ3n) is 2.38. The number of benzene rings is 1. The fourth-order valence-electron chi connectivity index (χ4n) is 1.46. The van der Waals surface area contributed by atoms with Gasteiger partial charge in [0.15, 0.2) is 0 Å². The minimum absolute atomic E-state index is 0.497. The molecule has 20 heavy (non-hydrogen) atoms. The molecule has 0 atom stereocenters. The molecule has 6 heteroatoms. The second-order valence-electron chi connectivity index (χ2n) is 3.99. The Kier molecular flexibility index (Phi) is 5.28. The smallest absolute Gasteiger partial charge is 0.205 e. The number of nitrogens with two attached hydrogens (primary N) is 1. The summed E-state index contributed by atoms with van der Waals surface area (Å²) < 4.78 is 5.37. The van der Waals surface area contributed by atoms with Crippen molar-refractivity contribution in [2.75, 3.05) is 17.8 Å². The van der Waals surface area contributed by atoms with E-state index in [0.29, 0.717) is 24.2 Å². The highest BCUT2D eigenvalue weighted by molar-refractivity contribution is 7.14. The third kappa shape index (κ3) is 4.49. The zero-order valence-corrected chi connectivity index (χ0v) is 11.8. The van der Waals surface area contributed by atoms with E-state index in [4.69, 9.17) is 10.5 Å². The molecule has 0 aliphatic rings. The summed E-state index contributed by atoms with van der Waals surface area (Å²) in [7, 11) is 0. The van der Waals surface area contributed by atoms with Crippen molar-refractivity contribution in [3.63, 3.8) is 0 Å². The maximum absolute atomic E-state index is 5.52. The van der Waals surface area contributed by atoms with E-state index in [1.54, 1.807) is 17.7 Å². The first-order valence-electron chi connectivity index (χ1n) is 6.05. The van der Waals surface area contributed by atoms with Crippen LogP contribution in [0.3, 0.4) is 0 Å². The minimum Gasteiger partial charge on any atom is -0.383 e. The third-order valence-corrected chi connectivity index (χ3v) is 3.15. The lowest BCUT2D eigenvalue weighted by Gasteiger charge is -2.01. The van der Waals surface area contributed by atoms with Gasteiger partial charge in [-0.1, -0.05) is 30.3 Å². The first-order valence-corrected chi connectivity index (χ1v) is 6.93. The van der Waals surface area contributed by atoms with Crippen molar-refractivity contribution < 1.29 is 4.74 Å². The van der Waals surface area contributed by atoms with Gasteiger partial charge in [-0.25, -0.2) is 4.98 Å². The number of thiazole rings is 1. The van der Waals surface area contributed by atoms with E-state index in [1.165, 1.54) is 11.3 Å². The van der Waals surface area contributed by atoms with Crippen LogP contribution >= 0.6 is 11.3 Å². The second kappa shape index (κ2) is 7.42. The number of nitrogens with one attached hydrogen (secondary N) is 1. The number of aromatic nitrogens is 1. The lowest BCUT2D eigenvalue weighted by Crippen LogP contribution is -1.94. The Hall–Kier alpha value is -2.18. The lowest BCUT2D eigenvalue weighted by atomic mass is 10.1. The highest BCUT2D eigenvalue weighted by Crippen LogP contribution is 2.16. The fraction of sp³-hybridized carbons (Fsp3) is 0.143. The Morgan fingerprint density at radius 2 is 2.20 bits per heavy atom. The van der Waals surface area contributed by atoms with Gasteiger partial charge < -0.3 is 10.5 Å². The maximum atomic E-state index is 5.52. The minimum atomic E-state index is 0.497.